The maximum Gasteiger partial charge on any atom is 0.414 e. The number of alkyl halides is 3. The third-order valence-corrected chi connectivity index (χ3v) is 7.04. The normalized spacial score (nSPS) is 27.0. The molecular weight excluding hydrogens is 496 g/mol. The highest BCUT2D eigenvalue weighted by atomic mass is 35.5. The summed E-state index contributed by atoms with van der Waals surface area (Å²) in [6.45, 7) is -0.280. The summed E-state index contributed by atoms with van der Waals surface area (Å²) in [4.78, 5) is 38.1. The van der Waals surface area contributed by atoms with Gasteiger partial charge >= 0.3 is 6.18 Å². The fraction of sp³-hybridized carbons (Fsp3) is 0.409. The molecular formula is C22H19ClF4N4O4. The van der Waals surface area contributed by atoms with Crippen molar-refractivity contribution in [3.8, 4) is 0 Å². The van der Waals surface area contributed by atoms with Crippen LogP contribution in [0.25, 0.3) is 0 Å². The summed E-state index contributed by atoms with van der Waals surface area (Å²) in [5.41, 5.74) is -1.15. The van der Waals surface area contributed by atoms with Crippen LogP contribution in [0.15, 0.2) is 24.3 Å². The molecule has 1 aliphatic carbocycles. The van der Waals surface area contributed by atoms with Gasteiger partial charge in [-0.1, -0.05) is 11.6 Å². The number of aromatic nitrogens is 1. The topological polar surface area (TPSA) is 101 Å². The Morgan fingerprint density at radius 1 is 1.26 bits per heavy atom. The largest absolute Gasteiger partial charge is 0.414 e. The van der Waals surface area contributed by atoms with Gasteiger partial charge in [0.1, 0.15) is 23.7 Å². The third kappa shape index (κ3) is 3.75. The van der Waals surface area contributed by atoms with E-state index in [1.807, 2.05) is 0 Å². The number of nitrogens with one attached hydrogen (secondary N) is 3. The van der Waals surface area contributed by atoms with Gasteiger partial charge in [0.2, 0.25) is 5.91 Å². The van der Waals surface area contributed by atoms with E-state index in [0.29, 0.717) is 0 Å². The van der Waals surface area contributed by atoms with E-state index in [-0.39, 0.29) is 47.0 Å². The van der Waals surface area contributed by atoms with Crippen LogP contribution < -0.4 is 16.0 Å². The molecule has 1 aromatic carbocycles. The minimum Gasteiger partial charge on any atom is -0.354 e. The van der Waals surface area contributed by atoms with Crippen LogP contribution in [0.4, 0.5) is 23.2 Å². The average molecular weight is 515 g/mol. The van der Waals surface area contributed by atoms with Gasteiger partial charge in [-0.25, -0.2) is 4.39 Å². The van der Waals surface area contributed by atoms with Gasteiger partial charge < -0.3 is 25.3 Å². The Morgan fingerprint density at radius 2 is 1.97 bits per heavy atom. The van der Waals surface area contributed by atoms with Gasteiger partial charge in [0.15, 0.2) is 6.10 Å². The first-order valence-electron chi connectivity index (χ1n) is 10.7. The second kappa shape index (κ2) is 7.95. The summed E-state index contributed by atoms with van der Waals surface area (Å²) >= 11 is 6.27. The number of anilines is 1. The molecule has 4 heterocycles. The molecule has 2 saturated heterocycles. The average Bonchev–Trinajstić information content (AvgIpc) is 3.45. The predicted octanol–water partition coefficient (Wildman–Crippen LogP) is 2.91. The SMILES string of the molecule is CNC(=O)c1cc(NC(=O)C23CC(C2)C(C(F)(F)F)O3)c2n1CC(=O)NC2c1cc(F)ccc1Cl. The van der Waals surface area contributed by atoms with Crippen molar-refractivity contribution in [2.24, 2.45) is 5.92 Å². The molecule has 3 fully saturated rings. The van der Waals surface area contributed by atoms with Crippen molar-refractivity contribution in [1.29, 1.82) is 0 Å². The Bertz CT molecular complexity index is 1250. The first kappa shape index (κ1) is 23.6. The first-order valence-corrected chi connectivity index (χ1v) is 11.1. The minimum atomic E-state index is -4.59. The molecule has 8 nitrogen and oxygen atoms in total. The van der Waals surface area contributed by atoms with E-state index in [4.69, 9.17) is 16.3 Å². The number of amides is 3. The smallest absolute Gasteiger partial charge is 0.354 e. The standard InChI is InChI=1S/C22H19ClF4N4O4/c1-28-19(33)14-5-13(29-20(34)21-6-9(7-21)18(35-21)22(25,26)27)17-16(30-15(32)8-31(14)17)11-4-10(24)2-3-12(11)23/h2-5,9,16,18H,6-8H2,1H3,(H,28,33)(H,29,34)(H,30,32). The quantitative estimate of drug-likeness (QED) is 0.546. The molecule has 1 aromatic heterocycles. The number of nitrogens with zero attached hydrogens (tertiary/aromatic N) is 1. The summed E-state index contributed by atoms with van der Waals surface area (Å²) in [5.74, 6) is -3.28. The summed E-state index contributed by atoms with van der Waals surface area (Å²) in [6.07, 6.45) is -6.78. The molecule has 3 aliphatic heterocycles. The van der Waals surface area contributed by atoms with E-state index >= 15 is 0 Å². The van der Waals surface area contributed by atoms with Crippen LogP contribution in [0.1, 0.15) is 40.6 Å². The fourth-order valence-corrected chi connectivity index (χ4v) is 5.31. The molecule has 2 aromatic rings. The Kier molecular flexibility index (Phi) is 5.37. The van der Waals surface area contributed by atoms with Crippen molar-refractivity contribution in [2.75, 3.05) is 12.4 Å². The van der Waals surface area contributed by atoms with Gasteiger partial charge in [-0.15, -0.1) is 0 Å². The van der Waals surface area contributed by atoms with Crippen LogP contribution in [0.5, 0.6) is 0 Å². The summed E-state index contributed by atoms with van der Waals surface area (Å²) in [5, 5.41) is 7.84. The summed E-state index contributed by atoms with van der Waals surface area (Å²) in [7, 11) is 1.38. The second-order valence-corrected chi connectivity index (χ2v) is 9.26. The van der Waals surface area contributed by atoms with Gasteiger partial charge in [0, 0.05) is 23.6 Å². The highest BCUT2D eigenvalue weighted by Crippen LogP contribution is 2.57. The van der Waals surface area contributed by atoms with Crippen LogP contribution in [0.2, 0.25) is 5.02 Å². The van der Waals surface area contributed by atoms with Crippen LogP contribution in [-0.2, 0) is 20.9 Å². The zero-order valence-corrected chi connectivity index (χ0v) is 18.9. The molecule has 0 spiro atoms. The third-order valence-electron chi connectivity index (χ3n) is 6.70. The van der Waals surface area contributed by atoms with E-state index in [2.05, 4.69) is 16.0 Å². The lowest BCUT2D eigenvalue weighted by Crippen LogP contribution is -2.48. The number of rotatable bonds is 4. The lowest BCUT2D eigenvalue weighted by molar-refractivity contribution is -0.215. The number of hydrogen-bond acceptors (Lipinski definition) is 4. The second-order valence-electron chi connectivity index (χ2n) is 8.86. The lowest BCUT2D eigenvalue weighted by Gasteiger charge is -2.34. The molecule has 2 bridgehead atoms. The Morgan fingerprint density at radius 3 is 2.60 bits per heavy atom. The number of ether oxygens (including phenoxy) is 1. The van der Waals surface area contributed by atoms with Crippen LogP contribution in [0.3, 0.4) is 0 Å². The Labute approximate surface area is 200 Å². The monoisotopic (exact) mass is 514 g/mol. The number of halogens is 5. The lowest BCUT2D eigenvalue weighted by atomic mass is 9.72. The predicted molar refractivity (Wildman–Crippen MR) is 114 cm³/mol. The molecule has 0 radical (unpaired) electrons. The highest BCUT2D eigenvalue weighted by molar-refractivity contribution is 6.31. The molecule has 1 saturated carbocycles. The molecule has 3 amide bonds. The van der Waals surface area contributed by atoms with Crippen LogP contribution in [0, 0.1) is 11.7 Å². The van der Waals surface area contributed by atoms with E-state index in [1.165, 1.54) is 23.7 Å². The van der Waals surface area contributed by atoms with Gasteiger partial charge in [0.05, 0.1) is 17.4 Å². The number of hydrogen-bond donors (Lipinski definition) is 3. The maximum absolute atomic E-state index is 14.0. The maximum atomic E-state index is 14.0. The van der Waals surface area contributed by atoms with E-state index in [9.17, 15) is 31.9 Å². The van der Waals surface area contributed by atoms with E-state index < -0.39 is 53.4 Å². The van der Waals surface area contributed by atoms with Crippen molar-refractivity contribution in [1.82, 2.24) is 15.2 Å². The van der Waals surface area contributed by atoms with Crippen LogP contribution in [-0.4, -0.2) is 47.2 Å². The van der Waals surface area contributed by atoms with Gasteiger partial charge in [0.25, 0.3) is 11.8 Å². The van der Waals surface area contributed by atoms with Gasteiger partial charge in [-0.05, 0) is 37.1 Å². The molecule has 35 heavy (non-hydrogen) atoms. The molecule has 186 valence electrons. The first-order chi connectivity index (χ1) is 16.4. The molecule has 3 N–H and O–H groups in total. The zero-order valence-electron chi connectivity index (χ0n) is 18.1. The van der Waals surface area contributed by atoms with E-state index in [1.54, 1.807) is 0 Å². The summed E-state index contributed by atoms with van der Waals surface area (Å²) in [6, 6.07) is 3.82. The Balaban J connectivity index is 1.55. The van der Waals surface area contributed by atoms with Crippen LogP contribution >= 0.6 is 11.6 Å². The highest BCUT2D eigenvalue weighted by Gasteiger charge is 2.68. The van der Waals surface area contributed by atoms with Crippen molar-refractivity contribution in [3.05, 3.63) is 52.1 Å². The number of carbonyl (C=O) groups excluding carboxylic acids is 3. The molecule has 13 heteroatoms. The molecule has 6 rings (SSSR count). The molecule has 4 aliphatic rings. The molecule has 2 atom stereocenters. The van der Waals surface area contributed by atoms with Crippen molar-refractivity contribution in [3.63, 3.8) is 0 Å². The Hall–Kier alpha value is -3.12. The van der Waals surface area contributed by atoms with Crippen molar-refractivity contribution < 1.29 is 36.7 Å². The summed E-state index contributed by atoms with van der Waals surface area (Å²) < 4.78 is 60.2. The number of carbonyl (C=O) groups is 3. The zero-order chi connectivity index (χ0) is 25.3. The minimum absolute atomic E-state index is 0.0228. The van der Waals surface area contributed by atoms with E-state index in [0.717, 1.165) is 12.1 Å². The van der Waals surface area contributed by atoms with Crippen molar-refractivity contribution >= 4 is 35.0 Å². The molecule has 2 unspecified atom stereocenters. The van der Waals surface area contributed by atoms with Gasteiger partial charge in [-0.2, -0.15) is 13.2 Å². The van der Waals surface area contributed by atoms with Crippen molar-refractivity contribution in [2.45, 2.75) is 43.3 Å². The number of fused-ring (bicyclic) bond motifs is 2. The number of benzene rings is 1. The fourth-order valence-electron chi connectivity index (χ4n) is 5.09. The van der Waals surface area contributed by atoms with Gasteiger partial charge in [-0.3, -0.25) is 14.4 Å².